The van der Waals surface area contributed by atoms with Crippen molar-refractivity contribution in [2.45, 2.75) is 43.7 Å². The summed E-state index contributed by atoms with van der Waals surface area (Å²) in [5.74, 6) is -0.182. The zero-order valence-electron chi connectivity index (χ0n) is 12.4. The van der Waals surface area contributed by atoms with Crippen molar-refractivity contribution in [3.8, 4) is 5.75 Å². The number of hydrogen-bond donors (Lipinski definition) is 3. The van der Waals surface area contributed by atoms with Crippen LogP contribution in [0.3, 0.4) is 0 Å². The second kappa shape index (κ2) is 6.12. The van der Waals surface area contributed by atoms with E-state index in [0.29, 0.717) is 18.6 Å². The number of benzene rings is 1. The zero-order chi connectivity index (χ0) is 15.6. The molecule has 1 unspecified atom stereocenters. The van der Waals surface area contributed by atoms with Gasteiger partial charge in [0.1, 0.15) is 0 Å². The largest absolute Gasteiger partial charge is 0.490 e. The highest BCUT2D eigenvalue weighted by atomic mass is 19.1. The van der Waals surface area contributed by atoms with Gasteiger partial charge in [-0.3, -0.25) is 0 Å². The quantitative estimate of drug-likeness (QED) is 0.802. The highest BCUT2D eigenvalue weighted by molar-refractivity contribution is 5.74. The molecule has 5 nitrogen and oxygen atoms in total. The summed E-state index contributed by atoms with van der Waals surface area (Å²) >= 11 is 0. The molecule has 2 amide bonds. The average Bonchev–Trinajstić information content (AvgIpc) is 2.67. The number of amides is 2. The van der Waals surface area contributed by atoms with Crippen LogP contribution in [0, 0.1) is 5.82 Å². The third-order valence-electron chi connectivity index (χ3n) is 4.42. The lowest BCUT2D eigenvalue weighted by atomic mass is 9.80. The van der Waals surface area contributed by atoms with Gasteiger partial charge in [0.25, 0.3) is 0 Å². The van der Waals surface area contributed by atoms with Crippen LogP contribution in [0.15, 0.2) is 18.2 Å². The lowest BCUT2D eigenvalue weighted by molar-refractivity contribution is -0.0290. The lowest BCUT2D eigenvalue weighted by Crippen LogP contribution is -2.50. The first-order chi connectivity index (χ1) is 10.6. The van der Waals surface area contributed by atoms with E-state index in [2.05, 4.69) is 10.6 Å². The van der Waals surface area contributed by atoms with Crippen LogP contribution in [0.2, 0.25) is 0 Å². The van der Waals surface area contributed by atoms with Gasteiger partial charge in [-0.25, -0.2) is 9.18 Å². The monoisotopic (exact) mass is 308 g/mol. The number of aliphatic hydroxyl groups is 1. The minimum absolute atomic E-state index is 0.225. The summed E-state index contributed by atoms with van der Waals surface area (Å²) in [6.07, 6.45) is 3.86. The number of urea groups is 1. The average molecular weight is 308 g/mol. The molecular weight excluding hydrogens is 287 g/mol. The van der Waals surface area contributed by atoms with Crippen LogP contribution in [0.1, 0.15) is 43.7 Å². The minimum Gasteiger partial charge on any atom is -0.490 e. The van der Waals surface area contributed by atoms with Crippen LogP contribution in [0.4, 0.5) is 9.18 Å². The molecule has 3 N–H and O–H groups in total. The minimum atomic E-state index is -0.756. The van der Waals surface area contributed by atoms with Crippen molar-refractivity contribution in [3.05, 3.63) is 29.6 Å². The first-order valence-electron chi connectivity index (χ1n) is 7.75. The van der Waals surface area contributed by atoms with Crippen LogP contribution in [0.25, 0.3) is 0 Å². The Morgan fingerprint density at radius 2 is 2.23 bits per heavy atom. The van der Waals surface area contributed by atoms with E-state index in [4.69, 9.17) is 4.74 Å². The van der Waals surface area contributed by atoms with Crippen LogP contribution < -0.4 is 15.4 Å². The molecule has 1 aromatic rings. The molecule has 3 rings (SSSR count). The van der Waals surface area contributed by atoms with Gasteiger partial charge in [0, 0.05) is 12.1 Å². The van der Waals surface area contributed by atoms with Gasteiger partial charge in [0.05, 0.1) is 18.2 Å². The van der Waals surface area contributed by atoms with Gasteiger partial charge in [-0.2, -0.15) is 0 Å². The molecule has 1 aromatic carbocycles. The van der Waals surface area contributed by atoms with E-state index in [0.717, 1.165) is 25.7 Å². The Morgan fingerprint density at radius 1 is 1.41 bits per heavy atom. The molecule has 6 heteroatoms. The lowest BCUT2D eigenvalue weighted by Gasteiger charge is -2.36. The molecule has 1 fully saturated rings. The molecule has 2 aliphatic rings. The number of nitrogens with one attached hydrogen (secondary N) is 2. The van der Waals surface area contributed by atoms with E-state index in [1.54, 1.807) is 12.1 Å². The second-order valence-electron chi connectivity index (χ2n) is 6.11. The second-order valence-corrected chi connectivity index (χ2v) is 6.11. The molecule has 0 radical (unpaired) electrons. The predicted octanol–water partition coefficient (Wildman–Crippen LogP) is 2.25. The molecule has 22 heavy (non-hydrogen) atoms. The Hall–Kier alpha value is -1.82. The Bertz CT molecular complexity index is 560. The van der Waals surface area contributed by atoms with Crippen LogP contribution in [-0.4, -0.2) is 29.9 Å². The first kappa shape index (κ1) is 15.1. The maximum absolute atomic E-state index is 13.8. The summed E-state index contributed by atoms with van der Waals surface area (Å²) in [7, 11) is 0. The van der Waals surface area contributed by atoms with Gasteiger partial charge < -0.3 is 20.5 Å². The van der Waals surface area contributed by atoms with Crippen molar-refractivity contribution >= 4 is 6.03 Å². The summed E-state index contributed by atoms with van der Waals surface area (Å²) in [5.41, 5.74) is -0.0940. The van der Waals surface area contributed by atoms with Crippen molar-refractivity contribution in [1.82, 2.24) is 10.6 Å². The summed E-state index contributed by atoms with van der Waals surface area (Å²) < 4.78 is 19.3. The maximum Gasteiger partial charge on any atom is 0.315 e. The van der Waals surface area contributed by atoms with Crippen LogP contribution >= 0.6 is 0 Å². The molecule has 0 saturated heterocycles. The molecule has 0 bridgehead atoms. The van der Waals surface area contributed by atoms with E-state index in [9.17, 15) is 14.3 Å². The van der Waals surface area contributed by atoms with E-state index in [1.807, 2.05) is 0 Å². The molecule has 0 spiro atoms. The van der Waals surface area contributed by atoms with Gasteiger partial charge in [0.15, 0.2) is 11.6 Å². The standard InChI is InChI=1S/C16H21FN2O3/c17-12-5-1-4-11-13(6-2-9-22-14(11)12)19-15(20)18-10-16(21)7-3-8-16/h1,4-5,13,21H,2-3,6-10H2,(H2,18,19,20). The predicted molar refractivity (Wildman–Crippen MR) is 79.2 cm³/mol. The number of carbonyl (C=O) groups excluding carboxylic acids is 1. The number of halogens is 1. The highest BCUT2D eigenvalue weighted by Gasteiger charge is 2.34. The van der Waals surface area contributed by atoms with E-state index in [1.165, 1.54) is 6.07 Å². The van der Waals surface area contributed by atoms with Crippen molar-refractivity contribution < 1.29 is 19.0 Å². The Morgan fingerprint density at radius 3 is 2.95 bits per heavy atom. The highest BCUT2D eigenvalue weighted by Crippen LogP contribution is 2.33. The van der Waals surface area contributed by atoms with Crippen LogP contribution in [-0.2, 0) is 0 Å². The molecule has 120 valence electrons. The Balaban J connectivity index is 1.64. The first-order valence-corrected chi connectivity index (χ1v) is 7.75. The topological polar surface area (TPSA) is 70.6 Å². The molecule has 1 saturated carbocycles. The number of fused-ring (bicyclic) bond motifs is 1. The third kappa shape index (κ3) is 3.16. The zero-order valence-corrected chi connectivity index (χ0v) is 12.4. The summed E-state index contributed by atoms with van der Waals surface area (Å²) in [4.78, 5) is 12.0. The number of rotatable bonds is 3. The van der Waals surface area contributed by atoms with E-state index in [-0.39, 0.29) is 24.4 Å². The Labute approximate surface area is 128 Å². The number of para-hydroxylation sites is 1. The van der Waals surface area contributed by atoms with Gasteiger partial charge in [-0.15, -0.1) is 0 Å². The fraction of sp³-hybridized carbons (Fsp3) is 0.562. The third-order valence-corrected chi connectivity index (χ3v) is 4.42. The molecule has 1 atom stereocenters. The Kier molecular flexibility index (Phi) is 4.20. The van der Waals surface area contributed by atoms with E-state index >= 15 is 0 Å². The number of carbonyl (C=O) groups is 1. The van der Waals surface area contributed by atoms with Crippen molar-refractivity contribution in [2.75, 3.05) is 13.2 Å². The summed E-state index contributed by atoms with van der Waals surface area (Å²) in [5, 5.41) is 15.6. The van der Waals surface area contributed by atoms with Crippen molar-refractivity contribution in [1.29, 1.82) is 0 Å². The molecule has 1 aliphatic heterocycles. The van der Waals surface area contributed by atoms with Crippen molar-refractivity contribution in [3.63, 3.8) is 0 Å². The molecule has 1 aliphatic carbocycles. The normalized spacial score (nSPS) is 22.5. The fourth-order valence-corrected chi connectivity index (χ4v) is 2.94. The fourth-order valence-electron chi connectivity index (χ4n) is 2.94. The van der Waals surface area contributed by atoms with E-state index < -0.39 is 11.4 Å². The van der Waals surface area contributed by atoms with Gasteiger partial charge in [-0.05, 0) is 38.2 Å². The number of hydrogen-bond acceptors (Lipinski definition) is 3. The van der Waals surface area contributed by atoms with Crippen molar-refractivity contribution in [2.24, 2.45) is 0 Å². The molecule has 1 heterocycles. The van der Waals surface area contributed by atoms with Crippen LogP contribution in [0.5, 0.6) is 5.75 Å². The van der Waals surface area contributed by atoms with Gasteiger partial charge in [-0.1, -0.05) is 12.1 Å². The van der Waals surface area contributed by atoms with Gasteiger partial charge >= 0.3 is 6.03 Å². The maximum atomic E-state index is 13.8. The SMILES string of the molecule is O=C(NCC1(O)CCC1)NC1CCCOc2c(F)cccc21. The summed E-state index contributed by atoms with van der Waals surface area (Å²) in [6.45, 7) is 0.686. The summed E-state index contributed by atoms with van der Waals surface area (Å²) in [6, 6.07) is 4.11. The molecular formula is C16H21FN2O3. The molecule has 0 aromatic heterocycles. The van der Waals surface area contributed by atoms with Gasteiger partial charge in [0.2, 0.25) is 0 Å². The number of ether oxygens (including phenoxy) is 1. The smallest absolute Gasteiger partial charge is 0.315 e.